The zero-order valence-corrected chi connectivity index (χ0v) is 9.96. The number of hydrazone groups is 1. The first kappa shape index (κ1) is 12.0. The van der Waals surface area contributed by atoms with Gasteiger partial charge >= 0.3 is 0 Å². The van der Waals surface area contributed by atoms with Crippen LogP contribution in [0.15, 0.2) is 53.6 Å². The lowest BCUT2D eigenvalue weighted by Crippen LogP contribution is -1.99. The summed E-state index contributed by atoms with van der Waals surface area (Å²) >= 11 is 0. The molecule has 18 heavy (non-hydrogen) atoms. The van der Waals surface area contributed by atoms with Crippen LogP contribution in [0.5, 0.6) is 11.5 Å². The Hall–Kier alpha value is -2.49. The minimum atomic E-state index is 0.00566. The van der Waals surface area contributed by atoms with Gasteiger partial charge in [-0.25, -0.2) is 0 Å². The molecule has 0 unspecified atom stereocenters. The molecular formula is C14H14N2O2. The fourth-order valence-corrected chi connectivity index (χ4v) is 1.55. The Morgan fingerprint density at radius 2 is 1.78 bits per heavy atom. The SMILES string of the molecule is C/C(=N/Nc1ccccc1)c1ccc(O)cc1O. The van der Waals surface area contributed by atoms with Crippen molar-refractivity contribution in [1.29, 1.82) is 0 Å². The number of anilines is 1. The second-order valence-electron chi connectivity index (χ2n) is 3.88. The molecule has 0 aliphatic carbocycles. The molecule has 92 valence electrons. The number of nitrogens with one attached hydrogen (secondary N) is 1. The van der Waals surface area contributed by atoms with Crippen LogP contribution in [0.25, 0.3) is 0 Å². The van der Waals surface area contributed by atoms with Gasteiger partial charge in [0.2, 0.25) is 0 Å². The highest BCUT2D eigenvalue weighted by molar-refractivity contribution is 6.01. The molecule has 0 aliphatic rings. The van der Waals surface area contributed by atoms with Gasteiger partial charge in [0.05, 0.1) is 11.4 Å². The summed E-state index contributed by atoms with van der Waals surface area (Å²) in [7, 11) is 0. The van der Waals surface area contributed by atoms with Crippen molar-refractivity contribution in [2.45, 2.75) is 6.92 Å². The Morgan fingerprint density at radius 3 is 2.44 bits per heavy atom. The molecule has 0 amide bonds. The molecule has 0 fully saturated rings. The highest BCUT2D eigenvalue weighted by Gasteiger charge is 2.05. The normalized spacial score (nSPS) is 11.3. The van der Waals surface area contributed by atoms with Crippen molar-refractivity contribution in [3.8, 4) is 11.5 Å². The summed E-state index contributed by atoms with van der Waals surface area (Å²) in [5.41, 5.74) is 4.98. The average molecular weight is 242 g/mol. The molecule has 2 rings (SSSR count). The third-order valence-electron chi connectivity index (χ3n) is 2.50. The van der Waals surface area contributed by atoms with Crippen LogP contribution in [0, 0.1) is 0 Å². The van der Waals surface area contributed by atoms with Gasteiger partial charge in [0.25, 0.3) is 0 Å². The quantitative estimate of drug-likeness (QED) is 0.572. The summed E-state index contributed by atoms with van der Waals surface area (Å²) in [5.74, 6) is 0.0335. The largest absolute Gasteiger partial charge is 0.508 e. The predicted molar refractivity (Wildman–Crippen MR) is 72.0 cm³/mol. The summed E-state index contributed by atoms with van der Waals surface area (Å²) in [5, 5.41) is 23.1. The van der Waals surface area contributed by atoms with Crippen molar-refractivity contribution in [3.05, 3.63) is 54.1 Å². The van der Waals surface area contributed by atoms with Gasteiger partial charge in [0.1, 0.15) is 11.5 Å². The highest BCUT2D eigenvalue weighted by atomic mass is 16.3. The number of nitrogens with zero attached hydrogens (tertiary/aromatic N) is 1. The fraction of sp³-hybridized carbons (Fsp3) is 0.0714. The second kappa shape index (κ2) is 5.23. The molecule has 0 aliphatic heterocycles. The molecule has 2 aromatic carbocycles. The van der Waals surface area contributed by atoms with Gasteiger partial charge in [-0.1, -0.05) is 18.2 Å². The Bertz CT molecular complexity index is 565. The zero-order chi connectivity index (χ0) is 13.0. The summed E-state index contributed by atoms with van der Waals surface area (Å²) in [6, 6.07) is 14.0. The van der Waals surface area contributed by atoms with E-state index in [-0.39, 0.29) is 11.5 Å². The Kier molecular flexibility index (Phi) is 3.48. The summed E-state index contributed by atoms with van der Waals surface area (Å²) in [4.78, 5) is 0. The second-order valence-corrected chi connectivity index (χ2v) is 3.88. The number of benzene rings is 2. The van der Waals surface area contributed by atoms with Gasteiger partial charge < -0.3 is 10.2 Å². The van der Waals surface area contributed by atoms with Crippen molar-refractivity contribution in [1.82, 2.24) is 0 Å². The first-order chi connectivity index (χ1) is 8.66. The molecule has 3 N–H and O–H groups in total. The summed E-state index contributed by atoms with van der Waals surface area (Å²) < 4.78 is 0. The molecule has 0 atom stereocenters. The number of aromatic hydroxyl groups is 2. The predicted octanol–water partition coefficient (Wildman–Crippen LogP) is 2.93. The van der Waals surface area contributed by atoms with Gasteiger partial charge in [-0.05, 0) is 31.2 Å². The highest BCUT2D eigenvalue weighted by Crippen LogP contribution is 2.23. The van der Waals surface area contributed by atoms with Crippen LogP contribution in [0.3, 0.4) is 0 Å². The lowest BCUT2D eigenvalue weighted by atomic mass is 10.1. The minimum Gasteiger partial charge on any atom is -0.508 e. The van der Waals surface area contributed by atoms with Crippen molar-refractivity contribution < 1.29 is 10.2 Å². The maximum absolute atomic E-state index is 9.69. The molecule has 4 nitrogen and oxygen atoms in total. The third kappa shape index (κ3) is 2.79. The van der Waals surface area contributed by atoms with E-state index in [0.717, 1.165) is 5.69 Å². The van der Waals surface area contributed by atoms with Crippen LogP contribution in [0.1, 0.15) is 12.5 Å². The van der Waals surface area contributed by atoms with Crippen LogP contribution in [-0.4, -0.2) is 15.9 Å². The molecule has 2 aromatic rings. The zero-order valence-electron chi connectivity index (χ0n) is 9.96. The van der Waals surface area contributed by atoms with Crippen LogP contribution >= 0.6 is 0 Å². The molecule has 0 saturated carbocycles. The Balaban J connectivity index is 2.18. The van der Waals surface area contributed by atoms with Crippen LogP contribution in [-0.2, 0) is 0 Å². The van der Waals surface area contributed by atoms with E-state index in [0.29, 0.717) is 11.3 Å². The first-order valence-electron chi connectivity index (χ1n) is 5.54. The summed E-state index contributed by atoms with van der Waals surface area (Å²) in [6.45, 7) is 1.78. The molecule has 0 aromatic heterocycles. The number of hydrogen-bond acceptors (Lipinski definition) is 4. The van der Waals surface area contributed by atoms with E-state index >= 15 is 0 Å². The fourth-order valence-electron chi connectivity index (χ4n) is 1.55. The van der Waals surface area contributed by atoms with Crippen molar-refractivity contribution >= 4 is 11.4 Å². The molecule has 0 bridgehead atoms. The van der Waals surface area contributed by atoms with Gasteiger partial charge in [-0.2, -0.15) is 5.10 Å². The first-order valence-corrected chi connectivity index (χ1v) is 5.54. The molecule has 0 spiro atoms. The van der Waals surface area contributed by atoms with Crippen molar-refractivity contribution in [2.24, 2.45) is 5.10 Å². The average Bonchev–Trinajstić information content (AvgIpc) is 2.37. The number of para-hydroxylation sites is 1. The van der Waals surface area contributed by atoms with Crippen molar-refractivity contribution in [2.75, 3.05) is 5.43 Å². The van der Waals surface area contributed by atoms with E-state index in [2.05, 4.69) is 10.5 Å². The number of phenols is 2. The van der Waals surface area contributed by atoms with E-state index in [1.165, 1.54) is 12.1 Å². The number of phenolic OH excluding ortho intramolecular Hbond substituents is 2. The van der Waals surface area contributed by atoms with E-state index < -0.39 is 0 Å². The van der Waals surface area contributed by atoms with E-state index in [1.807, 2.05) is 30.3 Å². The topological polar surface area (TPSA) is 64.9 Å². The van der Waals surface area contributed by atoms with Gasteiger partial charge in [-0.15, -0.1) is 0 Å². The Labute approximate surface area is 105 Å². The molecule has 0 radical (unpaired) electrons. The molecule has 4 heteroatoms. The van der Waals surface area contributed by atoms with Gasteiger partial charge in [-0.3, -0.25) is 5.43 Å². The van der Waals surface area contributed by atoms with Crippen LogP contribution in [0.2, 0.25) is 0 Å². The molecule has 0 heterocycles. The summed E-state index contributed by atoms with van der Waals surface area (Å²) in [6.07, 6.45) is 0. The maximum atomic E-state index is 9.69. The molecule has 0 saturated heterocycles. The Morgan fingerprint density at radius 1 is 1.06 bits per heavy atom. The number of rotatable bonds is 3. The van der Waals surface area contributed by atoms with E-state index in [9.17, 15) is 10.2 Å². The third-order valence-corrected chi connectivity index (χ3v) is 2.50. The van der Waals surface area contributed by atoms with Gasteiger partial charge in [0.15, 0.2) is 0 Å². The lowest BCUT2D eigenvalue weighted by Gasteiger charge is -2.05. The van der Waals surface area contributed by atoms with Crippen molar-refractivity contribution in [3.63, 3.8) is 0 Å². The minimum absolute atomic E-state index is 0.00566. The smallest absolute Gasteiger partial charge is 0.128 e. The van der Waals surface area contributed by atoms with Crippen LogP contribution in [0.4, 0.5) is 5.69 Å². The number of hydrogen-bond donors (Lipinski definition) is 3. The maximum Gasteiger partial charge on any atom is 0.128 e. The molecular weight excluding hydrogens is 228 g/mol. The van der Waals surface area contributed by atoms with Gasteiger partial charge in [0, 0.05) is 11.6 Å². The lowest BCUT2D eigenvalue weighted by molar-refractivity contribution is 0.450. The van der Waals surface area contributed by atoms with E-state index in [1.54, 1.807) is 13.0 Å². The van der Waals surface area contributed by atoms with E-state index in [4.69, 9.17) is 0 Å². The standard InChI is InChI=1S/C14H14N2O2/c1-10(13-8-7-12(17)9-14(13)18)15-16-11-5-3-2-4-6-11/h2-9,16-18H,1H3/b15-10-. The van der Waals surface area contributed by atoms with Crippen LogP contribution < -0.4 is 5.43 Å². The monoisotopic (exact) mass is 242 g/mol.